The number of hydrogen-bond donors (Lipinski definition) is 1. The zero-order chi connectivity index (χ0) is 13.0. The summed E-state index contributed by atoms with van der Waals surface area (Å²) in [7, 11) is 0. The lowest BCUT2D eigenvalue weighted by molar-refractivity contribution is 0.104. The molecule has 0 spiro atoms. The number of carbonyl (C=O) groups excluding carboxylic acids is 1. The van der Waals surface area contributed by atoms with E-state index in [2.05, 4.69) is 15.9 Å². The molecule has 0 radical (unpaired) electrons. The van der Waals surface area contributed by atoms with Gasteiger partial charge < -0.3 is 5.73 Å². The smallest absolute Gasteiger partial charge is 0.185 e. The Morgan fingerprint density at radius 1 is 1.11 bits per heavy atom. The minimum absolute atomic E-state index is 0.0232. The molecule has 2 N–H and O–H groups in total. The van der Waals surface area contributed by atoms with Crippen LogP contribution in [-0.2, 0) is 0 Å². The second kappa shape index (κ2) is 5.65. The summed E-state index contributed by atoms with van der Waals surface area (Å²) in [5.74, 6) is -0.0232. The van der Waals surface area contributed by atoms with E-state index in [1.807, 2.05) is 36.4 Å². The van der Waals surface area contributed by atoms with Crippen LogP contribution in [0.1, 0.15) is 15.9 Å². The maximum absolute atomic E-state index is 11.9. The molecule has 0 atom stereocenters. The first kappa shape index (κ1) is 12.6. The van der Waals surface area contributed by atoms with E-state index in [-0.39, 0.29) is 5.78 Å². The zero-order valence-electron chi connectivity index (χ0n) is 9.64. The van der Waals surface area contributed by atoms with Crippen molar-refractivity contribution in [3.63, 3.8) is 0 Å². The summed E-state index contributed by atoms with van der Waals surface area (Å²) in [6.07, 6.45) is 3.32. The Bertz CT molecular complexity index is 588. The Morgan fingerprint density at radius 2 is 1.83 bits per heavy atom. The van der Waals surface area contributed by atoms with E-state index < -0.39 is 0 Å². The Labute approximate surface area is 114 Å². The third kappa shape index (κ3) is 3.31. The van der Waals surface area contributed by atoms with Crippen molar-refractivity contribution in [3.05, 3.63) is 70.2 Å². The molecular weight excluding hydrogens is 290 g/mol. The van der Waals surface area contributed by atoms with Gasteiger partial charge in [0.05, 0.1) is 0 Å². The molecule has 0 aliphatic carbocycles. The van der Waals surface area contributed by atoms with Crippen LogP contribution in [-0.4, -0.2) is 5.78 Å². The molecule has 0 amide bonds. The molecule has 2 aromatic rings. The molecular formula is C15H12BrNO. The average Bonchev–Trinajstić information content (AvgIpc) is 2.37. The molecule has 0 fully saturated rings. The SMILES string of the molecule is Nc1cccc(/C=C/C(=O)c2ccc(Br)cc2)c1. The van der Waals surface area contributed by atoms with Crippen LogP contribution in [0.5, 0.6) is 0 Å². The molecule has 0 unspecified atom stereocenters. The summed E-state index contributed by atoms with van der Waals surface area (Å²) in [6, 6.07) is 14.7. The Hall–Kier alpha value is -1.87. The predicted octanol–water partition coefficient (Wildman–Crippen LogP) is 3.93. The first-order chi connectivity index (χ1) is 8.65. The lowest BCUT2D eigenvalue weighted by atomic mass is 10.1. The highest BCUT2D eigenvalue weighted by atomic mass is 79.9. The summed E-state index contributed by atoms with van der Waals surface area (Å²) >= 11 is 3.34. The quantitative estimate of drug-likeness (QED) is 0.530. The summed E-state index contributed by atoms with van der Waals surface area (Å²) in [4.78, 5) is 11.9. The molecule has 0 bridgehead atoms. The van der Waals surface area contributed by atoms with Gasteiger partial charge in [0.1, 0.15) is 0 Å². The van der Waals surface area contributed by atoms with E-state index in [9.17, 15) is 4.79 Å². The van der Waals surface area contributed by atoms with E-state index in [1.54, 1.807) is 24.3 Å². The number of nitrogens with two attached hydrogens (primary N) is 1. The molecule has 3 heteroatoms. The molecule has 2 aromatic carbocycles. The highest BCUT2D eigenvalue weighted by Gasteiger charge is 2.00. The van der Waals surface area contributed by atoms with E-state index >= 15 is 0 Å². The topological polar surface area (TPSA) is 43.1 Å². The second-order valence-electron chi connectivity index (χ2n) is 3.87. The van der Waals surface area contributed by atoms with Crippen molar-refractivity contribution in [2.45, 2.75) is 0 Å². The summed E-state index contributed by atoms with van der Waals surface area (Å²) in [5, 5.41) is 0. The molecule has 0 saturated heterocycles. The zero-order valence-corrected chi connectivity index (χ0v) is 11.2. The average molecular weight is 302 g/mol. The van der Waals surface area contributed by atoms with Crippen molar-refractivity contribution in [2.24, 2.45) is 0 Å². The molecule has 18 heavy (non-hydrogen) atoms. The molecule has 0 heterocycles. The van der Waals surface area contributed by atoms with Gasteiger partial charge in [-0.05, 0) is 48.0 Å². The van der Waals surface area contributed by atoms with E-state index in [0.29, 0.717) is 11.3 Å². The first-order valence-electron chi connectivity index (χ1n) is 5.49. The first-order valence-corrected chi connectivity index (χ1v) is 6.28. The van der Waals surface area contributed by atoms with Gasteiger partial charge in [-0.3, -0.25) is 4.79 Å². The molecule has 90 valence electrons. The Balaban J connectivity index is 2.14. The molecule has 0 aromatic heterocycles. The number of ketones is 1. The van der Waals surface area contributed by atoms with Gasteiger partial charge in [-0.2, -0.15) is 0 Å². The van der Waals surface area contributed by atoms with Crippen LogP contribution in [0.3, 0.4) is 0 Å². The van der Waals surface area contributed by atoms with Crippen molar-refractivity contribution < 1.29 is 4.79 Å². The van der Waals surface area contributed by atoms with E-state index in [0.717, 1.165) is 10.0 Å². The Morgan fingerprint density at radius 3 is 2.50 bits per heavy atom. The molecule has 2 nitrogen and oxygen atoms in total. The van der Waals surface area contributed by atoms with Crippen molar-refractivity contribution in [3.8, 4) is 0 Å². The van der Waals surface area contributed by atoms with Crippen LogP contribution >= 0.6 is 15.9 Å². The number of halogens is 1. The summed E-state index contributed by atoms with van der Waals surface area (Å²) in [6.45, 7) is 0. The number of hydrogen-bond acceptors (Lipinski definition) is 2. The number of carbonyl (C=O) groups is 1. The summed E-state index contributed by atoms with van der Waals surface area (Å²) < 4.78 is 0.957. The third-order valence-electron chi connectivity index (χ3n) is 2.47. The number of allylic oxidation sites excluding steroid dienone is 1. The van der Waals surface area contributed by atoms with Crippen LogP contribution in [0, 0.1) is 0 Å². The fourth-order valence-corrected chi connectivity index (χ4v) is 1.81. The summed E-state index contributed by atoms with van der Waals surface area (Å²) in [5.41, 5.74) is 7.94. The Kier molecular flexibility index (Phi) is 3.95. The number of benzene rings is 2. The van der Waals surface area contributed by atoms with Gasteiger partial charge in [0.2, 0.25) is 0 Å². The normalized spacial score (nSPS) is 10.7. The van der Waals surface area contributed by atoms with Gasteiger partial charge >= 0.3 is 0 Å². The lowest BCUT2D eigenvalue weighted by Gasteiger charge is -1.97. The minimum Gasteiger partial charge on any atom is -0.399 e. The highest BCUT2D eigenvalue weighted by molar-refractivity contribution is 9.10. The maximum atomic E-state index is 11.9. The maximum Gasteiger partial charge on any atom is 0.185 e. The highest BCUT2D eigenvalue weighted by Crippen LogP contribution is 2.12. The van der Waals surface area contributed by atoms with Crippen molar-refractivity contribution in [1.82, 2.24) is 0 Å². The van der Waals surface area contributed by atoms with Crippen LogP contribution in [0.25, 0.3) is 6.08 Å². The predicted molar refractivity (Wildman–Crippen MR) is 78.4 cm³/mol. The fourth-order valence-electron chi connectivity index (χ4n) is 1.54. The molecule has 0 aliphatic heterocycles. The largest absolute Gasteiger partial charge is 0.399 e. The lowest BCUT2D eigenvalue weighted by Crippen LogP contribution is -1.93. The van der Waals surface area contributed by atoms with Crippen LogP contribution in [0.2, 0.25) is 0 Å². The van der Waals surface area contributed by atoms with Crippen LogP contribution < -0.4 is 5.73 Å². The number of anilines is 1. The van der Waals surface area contributed by atoms with E-state index in [4.69, 9.17) is 5.73 Å². The van der Waals surface area contributed by atoms with Gasteiger partial charge in [0.15, 0.2) is 5.78 Å². The van der Waals surface area contributed by atoms with Crippen LogP contribution in [0.4, 0.5) is 5.69 Å². The van der Waals surface area contributed by atoms with Gasteiger partial charge in [0.25, 0.3) is 0 Å². The monoisotopic (exact) mass is 301 g/mol. The van der Waals surface area contributed by atoms with Crippen molar-refractivity contribution in [1.29, 1.82) is 0 Å². The van der Waals surface area contributed by atoms with Crippen molar-refractivity contribution >= 4 is 33.5 Å². The number of nitrogen functional groups attached to an aromatic ring is 1. The molecule has 0 saturated carbocycles. The van der Waals surface area contributed by atoms with E-state index in [1.165, 1.54) is 0 Å². The van der Waals surface area contributed by atoms with Gasteiger partial charge in [-0.15, -0.1) is 0 Å². The second-order valence-corrected chi connectivity index (χ2v) is 4.79. The van der Waals surface area contributed by atoms with Crippen LogP contribution in [0.15, 0.2) is 59.1 Å². The molecule has 0 aliphatic rings. The van der Waals surface area contributed by atoms with Gasteiger partial charge in [-0.25, -0.2) is 0 Å². The number of rotatable bonds is 3. The van der Waals surface area contributed by atoms with Gasteiger partial charge in [-0.1, -0.05) is 34.1 Å². The third-order valence-corrected chi connectivity index (χ3v) is 3.00. The standard InChI is InChI=1S/C15H12BrNO/c16-13-7-5-12(6-8-13)15(18)9-4-11-2-1-3-14(17)10-11/h1-10H,17H2/b9-4+. The fraction of sp³-hybridized carbons (Fsp3) is 0. The van der Waals surface area contributed by atoms with Gasteiger partial charge in [0, 0.05) is 15.7 Å². The minimum atomic E-state index is -0.0232. The molecule has 2 rings (SSSR count). The van der Waals surface area contributed by atoms with Crippen molar-refractivity contribution in [2.75, 3.05) is 5.73 Å².